The molecule has 0 saturated heterocycles. The van der Waals surface area contributed by atoms with Crippen LogP contribution in [-0.2, 0) is 6.54 Å². The zero-order valence-corrected chi connectivity index (χ0v) is 10.0. The molecule has 3 aromatic rings. The number of imidazole rings is 1. The molecule has 5 heteroatoms. The second-order valence-corrected chi connectivity index (χ2v) is 4.05. The molecule has 0 spiro atoms. The van der Waals surface area contributed by atoms with Crippen LogP contribution in [0.25, 0.3) is 11.0 Å². The number of aromatic nitrogens is 4. The second kappa shape index (κ2) is 4.44. The first-order valence-corrected chi connectivity index (χ1v) is 5.78. The van der Waals surface area contributed by atoms with Crippen molar-refractivity contribution in [2.24, 2.45) is 0 Å². The van der Waals surface area contributed by atoms with Crippen molar-refractivity contribution in [3.05, 3.63) is 48.0 Å². The predicted octanol–water partition coefficient (Wildman–Crippen LogP) is 2.27. The van der Waals surface area contributed by atoms with Crippen LogP contribution in [0.4, 0.5) is 5.95 Å². The Hall–Kier alpha value is -2.43. The SMILES string of the molecule is Cc1nccc(CNc2nc3ccccc3[nH]2)n1. The molecule has 0 radical (unpaired) electrons. The molecule has 0 fully saturated rings. The number of hydrogen-bond donors (Lipinski definition) is 2. The summed E-state index contributed by atoms with van der Waals surface area (Å²) in [4.78, 5) is 16.0. The van der Waals surface area contributed by atoms with Gasteiger partial charge in [-0.1, -0.05) is 12.1 Å². The van der Waals surface area contributed by atoms with Crippen LogP contribution in [0.2, 0.25) is 0 Å². The van der Waals surface area contributed by atoms with Crippen LogP contribution in [0, 0.1) is 6.92 Å². The van der Waals surface area contributed by atoms with Gasteiger partial charge in [0.05, 0.1) is 23.3 Å². The van der Waals surface area contributed by atoms with Crippen molar-refractivity contribution in [3.8, 4) is 0 Å². The molecular weight excluding hydrogens is 226 g/mol. The highest BCUT2D eigenvalue weighted by Gasteiger charge is 2.01. The number of fused-ring (bicyclic) bond motifs is 1. The Bertz CT molecular complexity index is 641. The van der Waals surface area contributed by atoms with Gasteiger partial charge in [-0.15, -0.1) is 0 Å². The first-order chi connectivity index (χ1) is 8.81. The van der Waals surface area contributed by atoms with Crippen molar-refractivity contribution < 1.29 is 0 Å². The fourth-order valence-corrected chi connectivity index (χ4v) is 1.81. The van der Waals surface area contributed by atoms with Crippen molar-refractivity contribution >= 4 is 17.0 Å². The normalized spacial score (nSPS) is 10.7. The molecule has 90 valence electrons. The number of aryl methyl sites for hydroxylation is 1. The molecule has 18 heavy (non-hydrogen) atoms. The fraction of sp³-hybridized carbons (Fsp3) is 0.154. The van der Waals surface area contributed by atoms with Gasteiger partial charge in [-0.05, 0) is 25.1 Å². The van der Waals surface area contributed by atoms with Gasteiger partial charge in [-0.3, -0.25) is 0 Å². The smallest absolute Gasteiger partial charge is 0.201 e. The Morgan fingerprint density at radius 1 is 1.17 bits per heavy atom. The van der Waals surface area contributed by atoms with Gasteiger partial charge in [0.15, 0.2) is 0 Å². The lowest BCUT2D eigenvalue weighted by Crippen LogP contribution is -2.04. The van der Waals surface area contributed by atoms with Crippen LogP contribution in [-0.4, -0.2) is 19.9 Å². The fourth-order valence-electron chi connectivity index (χ4n) is 1.81. The maximum Gasteiger partial charge on any atom is 0.201 e. The van der Waals surface area contributed by atoms with Crippen LogP contribution >= 0.6 is 0 Å². The van der Waals surface area contributed by atoms with Crippen LogP contribution in [0.5, 0.6) is 0 Å². The molecule has 2 aromatic heterocycles. The third-order valence-corrected chi connectivity index (χ3v) is 2.66. The summed E-state index contributed by atoms with van der Waals surface area (Å²) in [6, 6.07) is 9.83. The number of nitrogens with one attached hydrogen (secondary N) is 2. The minimum absolute atomic E-state index is 0.628. The molecule has 2 heterocycles. The predicted molar refractivity (Wildman–Crippen MR) is 70.2 cm³/mol. The number of para-hydroxylation sites is 2. The molecular formula is C13H13N5. The number of aromatic amines is 1. The van der Waals surface area contributed by atoms with Crippen LogP contribution < -0.4 is 5.32 Å². The molecule has 0 bridgehead atoms. The van der Waals surface area contributed by atoms with Crippen LogP contribution in [0.15, 0.2) is 36.5 Å². The lowest BCUT2D eigenvalue weighted by Gasteiger charge is -2.02. The molecule has 0 aliphatic heterocycles. The Morgan fingerprint density at radius 2 is 2.06 bits per heavy atom. The Labute approximate surface area is 104 Å². The first-order valence-electron chi connectivity index (χ1n) is 5.78. The largest absolute Gasteiger partial charge is 0.350 e. The van der Waals surface area contributed by atoms with Gasteiger partial charge in [0.25, 0.3) is 0 Å². The summed E-state index contributed by atoms with van der Waals surface area (Å²) in [5, 5.41) is 3.22. The summed E-state index contributed by atoms with van der Waals surface area (Å²) in [6.07, 6.45) is 1.76. The molecule has 2 N–H and O–H groups in total. The topological polar surface area (TPSA) is 66.5 Å². The molecule has 3 rings (SSSR count). The van der Waals surface area contributed by atoms with E-state index in [4.69, 9.17) is 0 Å². The van der Waals surface area contributed by atoms with Crippen molar-refractivity contribution in [2.45, 2.75) is 13.5 Å². The highest BCUT2D eigenvalue weighted by molar-refractivity contribution is 5.77. The van der Waals surface area contributed by atoms with E-state index in [0.29, 0.717) is 6.54 Å². The van der Waals surface area contributed by atoms with Gasteiger partial charge >= 0.3 is 0 Å². The van der Waals surface area contributed by atoms with Gasteiger partial charge in [-0.2, -0.15) is 0 Å². The Balaban J connectivity index is 1.76. The van der Waals surface area contributed by atoms with E-state index in [1.54, 1.807) is 6.20 Å². The molecule has 0 aliphatic carbocycles. The van der Waals surface area contributed by atoms with Crippen molar-refractivity contribution in [2.75, 3.05) is 5.32 Å². The van der Waals surface area contributed by atoms with Crippen molar-refractivity contribution in [1.82, 2.24) is 19.9 Å². The Morgan fingerprint density at radius 3 is 2.89 bits per heavy atom. The highest BCUT2D eigenvalue weighted by atomic mass is 15.1. The van der Waals surface area contributed by atoms with E-state index >= 15 is 0 Å². The van der Waals surface area contributed by atoms with E-state index in [-0.39, 0.29) is 0 Å². The number of benzene rings is 1. The number of hydrogen-bond acceptors (Lipinski definition) is 4. The molecule has 0 amide bonds. The van der Waals surface area contributed by atoms with E-state index in [1.807, 2.05) is 37.3 Å². The lowest BCUT2D eigenvalue weighted by molar-refractivity contribution is 0.947. The van der Waals surface area contributed by atoms with Gasteiger partial charge in [0.1, 0.15) is 5.82 Å². The van der Waals surface area contributed by atoms with E-state index in [1.165, 1.54) is 0 Å². The van der Waals surface area contributed by atoms with Gasteiger partial charge in [0, 0.05) is 6.20 Å². The molecule has 0 aliphatic rings. The summed E-state index contributed by atoms with van der Waals surface area (Å²) >= 11 is 0. The molecule has 0 atom stereocenters. The standard InChI is InChI=1S/C13H13N5/c1-9-14-7-6-10(16-9)8-15-13-17-11-4-2-3-5-12(11)18-13/h2-7H,8H2,1H3,(H2,15,17,18). The summed E-state index contributed by atoms with van der Waals surface area (Å²) in [6.45, 7) is 2.51. The first kappa shape index (κ1) is 10.7. The highest BCUT2D eigenvalue weighted by Crippen LogP contribution is 2.13. The van der Waals surface area contributed by atoms with E-state index in [2.05, 4.69) is 25.3 Å². The zero-order chi connectivity index (χ0) is 12.4. The maximum absolute atomic E-state index is 4.44. The minimum atomic E-state index is 0.628. The van der Waals surface area contributed by atoms with Crippen LogP contribution in [0.3, 0.4) is 0 Å². The summed E-state index contributed by atoms with van der Waals surface area (Å²) in [5.74, 6) is 1.53. The number of nitrogens with zero attached hydrogens (tertiary/aromatic N) is 3. The average molecular weight is 239 g/mol. The molecule has 0 saturated carbocycles. The molecule has 1 aromatic carbocycles. The summed E-state index contributed by atoms with van der Waals surface area (Å²) in [7, 11) is 0. The molecule has 5 nitrogen and oxygen atoms in total. The zero-order valence-electron chi connectivity index (χ0n) is 10.0. The average Bonchev–Trinajstić information content (AvgIpc) is 2.79. The van der Waals surface area contributed by atoms with Crippen molar-refractivity contribution in [3.63, 3.8) is 0 Å². The van der Waals surface area contributed by atoms with Crippen LogP contribution in [0.1, 0.15) is 11.5 Å². The maximum atomic E-state index is 4.44. The minimum Gasteiger partial charge on any atom is -0.350 e. The van der Waals surface area contributed by atoms with E-state index in [9.17, 15) is 0 Å². The molecule has 0 unspecified atom stereocenters. The monoisotopic (exact) mass is 239 g/mol. The van der Waals surface area contributed by atoms with Gasteiger partial charge in [-0.25, -0.2) is 15.0 Å². The summed E-state index contributed by atoms with van der Waals surface area (Å²) in [5.41, 5.74) is 2.93. The second-order valence-electron chi connectivity index (χ2n) is 4.05. The summed E-state index contributed by atoms with van der Waals surface area (Å²) < 4.78 is 0. The van der Waals surface area contributed by atoms with Gasteiger partial charge < -0.3 is 10.3 Å². The van der Waals surface area contributed by atoms with E-state index in [0.717, 1.165) is 28.5 Å². The number of rotatable bonds is 3. The van der Waals surface area contributed by atoms with E-state index < -0.39 is 0 Å². The lowest BCUT2D eigenvalue weighted by atomic mass is 10.3. The third-order valence-electron chi connectivity index (χ3n) is 2.66. The van der Waals surface area contributed by atoms with Gasteiger partial charge in [0.2, 0.25) is 5.95 Å². The quantitative estimate of drug-likeness (QED) is 0.735. The van der Waals surface area contributed by atoms with Crippen molar-refractivity contribution in [1.29, 1.82) is 0 Å². The number of H-pyrrole nitrogens is 1. The number of anilines is 1. The third kappa shape index (κ3) is 2.15. The Kier molecular flexibility index (Phi) is 2.64.